The van der Waals surface area contributed by atoms with Gasteiger partial charge in [0, 0.05) is 6.20 Å². The molecule has 10 heteroatoms. The Balaban J connectivity index is 3.08. The maximum Gasteiger partial charge on any atom is 0.431 e. The fraction of sp³-hybridized carbons (Fsp3) is 0.333. The van der Waals surface area contributed by atoms with Gasteiger partial charge in [0.2, 0.25) is 0 Å². The smallest absolute Gasteiger partial charge is 0.431 e. The van der Waals surface area contributed by atoms with Gasteiger partial charge in [-0.3, -0.25) is 4.98 Å². The first-order valence-corrected chi connectivity index (χ1v) is 5.79. The molecule has 1 heterocycles. The van der Waals surface area contributed by atoms with Crippen molar-refractivity contribution in [2.45, 2.75) is 19.3 Å². The van der Waals surface area contributed by atoms with E-state index in [1.54, 1.807) is 5.32 Å². The van der Waals surface area contributed by atoms with Crippen molar-refractivity contribution in [2.75, 3.05) is 11.9 Å². The van der Waals surface area contributed by atoms with E-state index in [4.69, 9.17) is 0 Å². The first-order valence-electron chi connectivity index (χ1n) is 5.79. The minimum atomic E-state index is -4.99. The molecule has 0 atom stereocenters. The number of carbonyl (C=O) groups is 1. The maximum atomic E-state index is 12.8. The van der Waals surface area contributed by atoms with Crippen LogP contribution in [0.25, 0.3) is 0 Å². The predicted molar refractivity (Wildman–Crippen MR) is 63.6 cm³/mol. The Morgan fingerprint density at radius 1 is 1.27 bits per heavy atom. The van der Waals surface area contributed by atoms with Crippen LogP contribution < -0.4 is 5.32 Å². The first kappa shape index (κ1) is 17.8. The normalized spacial score (nSPS) is 13.0. The summed E-state index contributed by atoms with van der Waals surface area (Å²) in [6.45, 7) is 1.24. The van der Waals surface area contributed by atoms with Gasteiger partial charge in [0.15, 0.2) is 0 Å². The van der Waals surface area contributed by atoms with Crippen molar-refractivity contribution >= 4 is 11.7 Å². The summed E-state index contributed by atoms with van der Waals surface area (Å²) in [5.74, 6) is -1.28. The van der Waals surface area contributed by atoms with Crippen molar-refractivity contribution in [3.8, 4) is 0 Å². The fourth-order valence-electron chi connectivity index (χ4n) is 1.31. The molecule has 22 heavy (non-hydrogen) atoms. The highest BCUT2D eigenvalue weighted by Crippen LogP contribution is 2.32. The van der Waals surface area contributed by atoms with E-state index < -0.39 is 35.3 Å². The molecular formula is C12H10F6N2O2. The second kappa shape index (κ2) is 6.67. The third kappa shape index (κ3) is 5.26. The number of nitrogens with one attached hydrogen (secondary N) is 1. The van der Waals surface area contributed by atoms with Crippen molar-refractivity contribution in [1.82, 2.24) is 4.98 Å². The second-order valence-corrected chi connectivity index (χ2v) is 3.89. The van der Waals surface area contributed by atoms with Crippen LogP contribution in [0.2, 0.25) is 0 Å². The number of nitrogens with zero attached hydrogens (tertiary/aromatic N) is 1. The molecule has 0 saturated carbocycles. The summed E-state index contributed by atoms with van der Waals surface area (Å²) in [6, 6.07) is 0.442. The number of hydrogen-bond acceptors (Lipinski definition) is 4. The minimum Gasteiger partial charge on any atom is -0.463 e. The molecule has 122 valence electrons. The number of allylic oxidation sites excluding steroid dienone is 1. The standard InChI is InChI=1S/C12H10F6N2O2/c1-2-22-10(21)4-9(12(16,17)18)20-8-3-7(5-19-6-8)11(13,14)15/h3-6,20H,2H2,1H3/b9-4+. The van der Waals surface area contributed by atoms with Gasteiger partial charge in [0.25, 0.3) is 0 Å². The van der Waals surface area contributed by atoms with Crippen molar-refractivity contribution in [2.24, 2.45) is 0 Å². The van der Waals surface area contributed by atoms with Gasteiger partial charge in [-0.15, -0.1) is 0 Å². The summed E-state index contributed by atoms with van der Waals surface area (Å²) in [6.07, 6.45) is -8.40. The lowest BCUT2D eigenvalue weighted by molar-refractivity contribution is -0.138. The Labute approximate surface area is 120 Å². The van der Waals surface area contributed by atoms with Crippen molar-refractivity contribution < 1.29 is 35.9 Å². The van der Waals surface area contributed by atoms with Crippen LogP contribution in [0, 0.1) is 0 Å². The highest BCUT2D eigenvalue weighted by Gasteiger charge is 2.36. The zero-order valence-corrected chi connectivity index (χ0v) is 11.0. The number of pyridine rings is 1. The summed E-state index contributed by atoms with van der Waals surface area (Å²) < 4.78 is 80.0. The monoisotopic (exact) mass is 328 g/mol. The van der Waals surface area contributed by atoms with Crippen LogP contribution in [0.3, 0.4) is 0 Å². The molecule has 0 unspecified atom stereocenters. The highest BCUT2D eigenvalue weighted by atomic mass is 19.4. The number of halogens is 6. The van der Waals surface area contributed by atoms with Gasteiger partial charge in [-0.25, -0.2) is 4.79 Å². The third-order valence-corrected chi connectivity index (χ3v) is 2.20. The van der Waals surface area contributed by atoms with E-state index in [2.05, 4.69) is 9.72 Å². The van der Waals surface area contributed by atoms with Crippen LogP contribution in [0.1, 0.15) is 12.5 Å². The van der Waals surface area contributed by atoms with Gasteiger partial charge in [0.05, 0.1) is 30.1 Å². The molecule has 1 N–H and O–H groups in total. The van der Waals surface area contributed by atoms with E-state index >= 15 is 0 Å². The van der Waals surface area contributed by atoms with E-state index in [9.17, 15) is 31.1 Å². The quantitative estimate of drug-likeness (QED) is 0.522. The number of carbonyl (C=O) groups excluding carboxylic acids is 1. The number of anilines is 1. The number of rotatable bonds is 4. The Bertz CT molecular complexity index is 565. The summed E-state index contributed by atoms with van der Waals surface area (Å²) in [5, 5.41) is 1.69. The maximum absolute atomic E-state index is 12.8. The molecule has 0 saturated heterocycles. The molecular weight excluding hydrogens is 318 g/mol. The van der Waals surface area contributed by atoms with Gasteiger partial charge in [0.1, 0.15) is 5.70 Å². The molecule has 0 bridgehead atoms. The van der Waals surface area contributed by atoms with E-state index in [0.29, 0.717) is 12.3 Å². The first-order chi connectivity index (χ1) is 10.0. The Hall–Kier alpha value is -2.26. The Morgan fingerprint density at radius 2 is 1.91 bits per heavy atom. The lowest BCUT2D eigenvalue weighted by Gasteiger charge is -2.15. The molecule has 4 nitrogen and oxygen atoms in total. The molecule has 0 amide bonds. The molecule has 1 rings (SSSR count). The second-order valence-electron chi connectivity index (χ2n) is 3.89. The molecule has 0 aliphatic rings. The van der Waals surface area contributed by atoms with Gasteiger partial charge < -0.3 is 10.1 Å². The fourth-order valence-corrected chi connectivity index (χ4v) is 1.31. The highest BCUT2D eigenvalue weighted by molar-refractivity contribution is 5.83. The number of alkyl halides is 6. The van der Waals surface area contributed by atoms with Crippen molar-refractivity contribution in [1.29, 1.82) is 0 Å². The van der Waals surface area contributed by atoms with Gasteiger partial charge in [-0.2, -0.15) is 26.3 Å². The number of ether oxygens (including phenoxy) is 1. The number of esters is 1. The molecule has 0 fully saturated rings. The van der Waals surface area contributed by atoms with Crippen LogP contribution in [-0.2, 0) is 15.7 Å². The Kier molecular flexibility index (Phi) is 5.39. The molecule has 1 aromatic rings. The van der Waals surface area contributed by atoms with E-state index in [1.165, 1.54) is 6.92 Å². The lowest BCUT2D eigenvalue weighted by Crippen LogP contribution is -2.21. The largest absolute Gasteiger partial charge is 0.463 e. The lowest BCUT2D eigenvalue weighted by atomic mass is 10.2. The number of aromatic nitrogens is 1. The zero-order valence-electron chi connectivity index (χ0n) is 11.0. The van der Waals surface area contributed by atoms with Gasteiger partial charge in [-0.1, -0.05) is 0 Å². The minimum absolute atomic E-state index is 0.115. The SMILES string of the molecule is CCOC(=O)/C=C(/Nc1cncc(C(F)(F)F)c1)C(F)(F)F. The molecule has 0 radical (unpaired) electrons. The Morgan fingerprint density at radius 3 is 2.41 bits per heavy atom. The predicted octanol–water partition coefficient (Wildman–Crippen LogP) is 3.52. The van der Waals surface area contributed by atoms with E-state index in [1.807, 2.05) is 0 Å². The summed E-state index contributed by atoms with van der Waals surface area (Å²) in [7, 11) is 0. The van der Waals surface area contributed by atoms with Crippen LogP contribution in [-0.4, -0.2) is 23.7 Å². The van der Waals surface area contributed by atoms with Crippen molar-refractivity contribution in [3.05, 3.63) is 35.8 Å². The molecule has 0 aromatic carbocycles. The van der Waals surface area contributed by atoms with Crippen LogP contribution in [0.4, 0.5) is 32.0 Å². The molecule has 0 aliphatic carbocycles. The summed E-state index contributed by atoms with van der Waals surface area (Å²) >= 11 is 0. The van der Waals surface area contributed by atoms with E-state index in [-0.39, 0.29) is 12.7 Å². The third-order valence-electron chi connectivity index (χ3n) is 2.20. The zero-order chi connectivity index (χ0) is 17.0. The topological polar surface area (TPSA) is 51.2 Å². The van der Waals surface area contributed by atoms with Gasteiger partial charge >= 0.3 is 18.3 Å². The number of hydrogen-bond donors (Lipinski definition) is 1. The average molecular weight is 328 g/mol. The molecule has 1 aromatic heterocycles. The van der Waals surface area contributed by atoms with Crippen LogP contribution in [0.5, 0.6) is 0 Å². The van der Waals surface area contributed by atoms with E-state index in [0.717, 1.165) is 6.20 Å². The summed E-state index contributed by atoms with van der Waals surface area (Å²) in [5.41, 5.74) is -3.36. The van der Waals surface area contributed by atoms with Crippen LogP contribution >= 0.6 is 0 Å². The average Bonchev–Trinajstić information content (AvgIpc) is 2.36. The molecule has 0 spiro atoms. The van der Waals surface area contributed by atoms with Crippen molar-refractivity contribution in [3.63, 3.8) is 0 Å². The summed E-state index contributed by atoms with van der Waals surface area (Å²) in [4.78, 5) is 14.3. The molecule has 0 aliphatic heterocycles. The van der Waals surface area contributed by atoms with Gasteiger partial charge in [-0.05, 0) is 13.0 Å². The van der Waals surface area contributed by atoms with Crippen LogP contribution in [0.15, 0.2) is 30.2 Å².